The third-order valence-electron chi connectivity index (χ3n) is 4.44. The van der Waals surface area contributed by atoms with Crippen molar-refractivity contribution in [2.45, 2.75) is 37.2 Å². The van der Waals surface area contributed by atoms with Crippen LogP contribution in [0, 0.1) is 0 Å². The summed E-state index contributed by atoms with van der Waals surface area (Å²) in [5.74, 6) is 0.684. The van der Waals surface area contributed by atoms with Crippen molar-refractivity contribution in [3.63, 3.8) is 0 Å². The zero-order chi connectivity index (χ0) is 16.6. The summed E-state index contributed by atoms with van der Waals surface area (Å²) in [4.78, 5) is 28.5. The fourth-order valence-corrected chi connectivity index (χ4v) is 4.78. The Morgan fingerprint density at radius 3 is 3.00 bits per heavy atom. The molecule has 0 saturated carbocycles. The van der Waals surface area contributed by atoms with E-state index in [0.29, 0.717) is 12.2 Å². The molecule has 23 heavy (non-hydrogen) atoms. The van der Waals surface area contributed by atoms with Gasteiger partial charge >= 0.3 is 0 Å². The number of nitrogens with zero attached hydrogens (tertiary/aromatic N) is 2. The van der Waals surface area contributed by atoms with Gasteiger partial charge < -0.3 is 15.1 Å². The number of hydrogen-bond acceptors (Lipinski definition) is 4. The number of hydrogen-bond donors (Lipinski definition) is 1. The van der Waals surface area contributed by atoms with Crippen LogP contribution in [0.15, 0.2) is 24.3 Å². The van der Waals surface area contributed by atoms with E-state index in [4.69, 9.17) is 0 Å². The molecule has 2 aliphatic heterocycles. The van der Waals surface area contributed by atoms with Gasteiger partial charge in [-0.3, -0.25) is 9.59 Å². The highest BCUT2D eigenvalue weighted by Crippen LogP contribution is 2.47. The minimum atomic E-state index is -0.363. The van der Waals surface area contributed by atoms with Gasteiger partial charge in [0.1, 0.15) is 6.04 Å². The summed E-state index contributed by atoms with van der Waals surface area (Å²) in [7, 11) is 4.03. The summed E-state index contributed by atoms with van der Waals surface area (Å²) in [6.45, 7) is 2.89. The first-order chi connectivity index (χ1) is 10.9. The molecule has 0 aromatic heterocycles. The van der Waals surface area contributed by atoms with Crippen molar-refractivity contribution in [2.75, 3.05) is 25.2 Å². The van der Waals surface area contributed by atoms with E-state index in [2.05, 4.69) is 17.1 Å². The first-order valence-electron chi connectivity index (χ1n) is 7.90. The van der Waals surface area contributed by atoms with E-state index in [0.717, 1.165) is 24.2 Å². The van der Waals surface area contributed by atoms with E-state index in [1.54, 1.807) is 16.7 Å². The molecule has 0 radical (unpaired) electrons. The predicted octanol–water partition coefficient (Wildman–Crippen LogP) is 2.14. The van der Waals surface area contributed by atoms with Crippen LogP contribution in [0.2, 0.25) is 0 Å². The molecule has 6 heteroatoms. The summed E-state index contributed by atoms with van der Waals surface area (Å²) in [5.41, 5.74) is 1.94. The normalized spacial score (nSPS) is 26.7. The first-order valence-corrected chi connectivity index (χ1v) is 8.88. The van der Waals surface area contributed by atoms with Crippen LogP contribution in [-0.2, 0) is 16.1 Å². The third-order valence-corrected chi connectivity index (χ3v) is 5.95. The molecule has 2 aliphatic rings. The van der Waals surface area contributed by atoms with Crippen molar-refractivity contribution in [1.29, 1.82) is 0 Å². The molecule has 0 aliphatic carbocycles. The van der Waals surface area contributed by atoms with Crippen molar-refractivity contribution in [1.82, 2.24) is 9.80 Å². The molecule has 2 fully saturated rings. The predicted molar refractivity (Wildman–Crippen MR) is 93.2 cm³/mol. The summed E-state index contributed by atoms with van der Waals surface area (Å²) < 4.78 is 0. The highest BCUT2D eigenvalue weighted by Gasteiger charge is 2.52. The van der Waals surface area contributed by atoms with Crippen LogP contribution in [0.5, 0.6) is 0 Å². The summed E-state index contributed by atoms with van der Waals surface area (Å²) in [6, 6.07) is 7.51. The zero-order valence-corrected chi connectivity index (χ0v) is 14.7. The average molecular weight is 333 g/mol. The van der Waals surface area contributed by atoms with Crippen molar-refractivity contribution in [3.05, 3.63) is 29.8 Å². The van der Waals surface area contributed by atoms with Gasteiger partial charge in [-0.1, -0.05) is 12.1 Å². The highest BCUT2D eigenvalue weighted by molar-refractivity contribution is 8.01. The van der Waals surface area contributed by atoms with Crippen LogP contribution in [0.4, 0.5) is 5.69 Å². The number of nitrogens with one attached hydrogen (secondary N) is 1. The van der Waals surface area contributed by atoms with E-state index >= 15 is 0 Å². The first kappa shape index (κ1) is 16.3. The number of fused-ring (bicyclic) bond motifs is 1. The van der Waals surface area contributed by atoms with Gasteiger partial charge in [0.25, 0.3) is 0 Å². The van der Waals surface area contributed by atoms with E-state index in [1.165, 1.54) is 0 Å². The fraction of sp³-hybridized carbons (Fsp3) is 0.529. The third kappa shape index (κ3) is 3.23. The van der Waals surface area contributed by atoms with E-state index in [1.807, 2.05) is 38.4 Å². The van der Waals surface area contributed by atoms with Crippen LogP contribution < -0.4 is 5.32 Å². The Bertz CT molecular complexity index is 634. The Labute approximate surface area is 141 Å². The Morgan fingerprint density at radius 1 is 1.48 bits per heavy atom. The average Bonchev–Trinajstić information content (AvgIpc) is 2.96. The minimum Gasteiger partial charge on any atom is -0.324 e. The fourth-order valence-electron chi connectivity index (χ4n) is 3.35. The Hall–Kier alpha value is -1.53. The highest BCUT2D eigenvalue weighted by atomic mass is 32.2. The molecule has 2 unspecified atom stereocenters. The van der Waals surface area contributed by atoms with E-state index in [9.17, 15) is 9.59 Å². The molecular formula is C17H23N3O2S. The minimum absolute atomic E-state index is 0.0847. The maximum atomic E-state index is 12.6. The van der Waals surface area contributed by atoms with Crippen LogP contribution in [0.3, 0.4) is 0 Å². The Morgan fingerprint density at radius 2 is 2.26 bits per heavy atom. The Kier molecular flexibility index (Phi) is 4.38. The topological polar surface area (TPSA) is 52.7 Å². The monoisotopic (exact) mass is 333 g/mol. The molecule has 1 aromatic carbocycles. The lowest BCUT2D eigenvalue weighted by Gasteiger charge is -2.29. The zero-order valence-electron chi connectivity index (χ0n) is 13.8. The standard InChI is InChI=1S/C17H23N3O2S/c1-17-8-7-15(21)20(17)14(11-23-17)16(22)18-13-6-4-5-12(9-13)10-19(2)3/h4-6,9,14H,7-8,10-11H2,1-3H3,(H,18,22). The van der Waals surface area contributed by atoms with Gasteiger partial charge in [-0.25, -0.2) is 0 Å². The number of amides is 2. The lowest BCUT2D eigenvalue weighted by molar-refractivity contribution is -0.135. The van der Waals surface area contributed by atoms with Gasteiger partial charge in [-0.15, -0.1) is 11.8 Å². The molecule has 2 heterocycles. The van der Waals surface area contributed by atoms with Gasteiger partial charge in [0.2, 0.25) is 11.8 Å². The number of carbonyl (C=O) groups is 2. The van der Waals surface area contributed by atoms with Crippen molar-refractivity contribution in [3.8, 4) is 0 Å². The SMILES string of the molecule is CN(C)Cc1cccc(NC(=O)C2CSC3(C)CCC(=O)N23)c1. The number of rotatable bonds is 4. The molecular weight excluding hydrogens is 310 g/mol. The van der Waals surface area contributed by atoms with Crippen molar-refractivity contribution < 1.29 is 9.59 Å². The second-order valence-corrected chi connectivity index (χ2v) is 8.19. The molecule has 2 atom stereocenters. The van der Waals surface area contributed by atoms with Crippen LogP contribution in [0.1, 0.15) is 25.3 Å². The Balaban J connectivity index is 1.71. The molecule has 2 amide bonds. The van der Waals surface area contributed by atoms with Gasteiger partial charge in [0.05, 0.1) is 4.87 Å². The number of anilines is 1. The molecule has 1 N–H and O–H groups in total. The molecule has 0 spiro atoms. The number of carbonyl (C=O) groups excluding carboxylic acids is 2. The summed E-state index contributed by atoms with van der Waals surface area (Å²) in [5, 5.41) is 2.98. The summed E-state index contributed by atoms with van der Waals surface area (Å²) >= 11 is 1.72. The smallest absolute Gasteiger partial charge is 0.248 e. The second-order valence-electron chi connectivity index (χ2n) is 6.69. The second kappa shape index (κ2) is 6.17. The number of thioether (sulfide) groups is 1. The lowest BCUT2D eigenvalue weighted by Crippen LogP contribution is -2.48. The number of benzene rings is 1. The van der Waals surface area contributed by atoms with Crippen molar-refractivity contribution >= 4 is 29.3 Å². The van der Waals surface area contributed by atoms with Gasteiger partial charge in [0.15, 0.2) is 0 Å². The molecule has 1 aromatic rings. The van der Waals surface area contributed by atoms with Crippen LogP contribution >= 0.6 is 11.8 Å². The molecule has 3 rings (SSSR count). The summed E-state index contributed by atoms with van der Waals surface area (Å²) in [6.07, 6.45) is 1.38. The van der Waals surface area contributed by atoms with Crippen LogP contribution in [-0.4, -0.2) is 52.4 Å². The molecule has 5 nitrogen and oxygen atoms in total. The van der Waals surface area contributed by atoms with Gasteiger partial charge in [0, 0.05) is 24.4 Å². The van der Waals surface area contributed by atoms with Gasteiger partial charge in [-0.2, -0.15) is 0 Å². The largest absolute Gasteiger partial charge is 0.324 e. The molecule has 2 saturated heterocycles. The van der Waals surface area contributed by atoms with Crippen molar-refractivity contribution in [2.24, 2.45) is 0 Å². The maximum absolute atomic E-state index is 12.6. The molecule has 124 valence electrons. The van der Waals surface area contributed by atoms with Gasteiger partial charge in [-0.05, 0) is 45.1 Å². The van der Waals surface area contributed by atoms with Crippen LogP contribution in [0.25, 0.3) is 0 Å². The molecule has 0 bridgehead atoms. The maximum Gasteiger partial charge on any atom is 0.248 e. The quantitative estimate of drug-likeness (QED) is 0.917. The van der Waals surface area contributed by atoms with E-state index in [-0.39, 0.29) is 22.7 Å². The lowest BCUT2D eigenvalue weighted by atomic mass is 10.1. The van der Waals surface area contributed by atoms with E-state index < -0.39 is 0 Å².